The zero-order valence-electron chi connectivity index (χ0n) is 11.1. The highest BCUT2D eigenvalue weighted by molar-refractivity contribution is 4.86. The predicted octanol–water partition coefficient (Wildman–Crippen LogP) is 3.36. The van der Waals surface area contributed by atoms with Crippen molar-refractivity contribution in [1.82, 2.24) is 5.32 Å². The van der Waals surface area contributed by atoms with Crippen molar-refractivity contribution in [3.05, 3.63) is 0 Å². The summed E-state index contributed by atoms with van der Waals surface area (Å²) in [5.41, 5.74) is 0. The Hall–Kier alpha value is -0.0800. The lowest BCUT2D eigenvalue weighted by atomic mass is 10.2. The van der Waals surface area contributed by atoms with Crippen LogP contribution in [0.5, 0.6) is 0 Å². The largest absolute Gasteiger partial charge is 0.380 e. The van der Waals surface area contributed by atoms with Crippen LogP contribution in [0.2, 0.25) is 0 Å². The molecule has 0 spiro atoms. The maximum absolute atomic E-state index is 5.78. The van der Waals surface area contributed by atoms with Crippen LogP contribution in [-0.4, -0.2) is 25.8 Å². The molecule has 0 aromatic carbocycles. The third-order valence-corrected chi connectivity index (χ3v) is 3.29. The molecule has 1 aliphatic carbocycles. The van der Waals surface area contributed by atoms with Crippen molar-refractivity contribution >= 4 is 0 Å². The summed E-state index contributed by atoms with van der Waals surface area (Å²) in [7, 11) is 0. The van der Waals surface area contributed by atoms with Gasteiger partial charge in [-0.05, 0) is 38.1 Å². The molecule has 1 unspecified atom stereocenters. The van der Waals surface area contributed by atoms with Crippen LogP contribution in [0, 0.1) is 5.92 Å². The van der Waals surface area contributed by atoms with Gasteiger partial charge in [0.25, 0.3) is 0 Å². The molecular weight excluding hydrogens is 198 g/mol. The standard InChI is InChI=1S/C14H29NO/c1-3-5-6-7-11-16-12-14(13-8-9-13)15-10-4-2/h13-15H,3-12H2,1-2H3. The van der Waals surface area contributed by atoms with Crippen molar-refractivity contribution in [2.75, 3.05) is 19.8 Å². The van der Waals surface area contributed by atoms with Crippen molar-refractivity contribution in [2.24, 2.45) is 5.92 Å². The summed E-state index contributed by atoms with van der Waals surface area (Å²) in [5, 5.41) is 3.61. The summed E-state index contributed by atoms with van der Waals surface area (Å²) in [6.07, 6.45) is 9.25. The lowest BCUT2D eigenvalue weighted by molar-refractivity contribution is 0.102. The fourth-order valence-corrected chi connectivity index (χ4v) is 2.03. The molecule has 1 N–H and O–H groups in total. The third kappa shape index (κ3) is 6.49. The van der Waals surface area contributed by atoms with Gasteiger partial charge < -0.3 is 10.1 Å². The number of rotatable bonds is 11. The van der Waals surface area contributed by atoms with Gasteiger partial charge in [0.05, 0.1) is 6.61 Å². The summed E-state index contributed by atoms with van der Waals surface area (Å²) in [6, 6.07) is 0.631. The molecule has 16 heavy (non-hydrogen) atoms. The Morgan fingerprint density at radius 2 is 1.94 bits per heavy atom. The maximum atomic E-state index is 5.78. The minimum Gasteiger partial charge on any atom is -0.380 e. The number of nitrogens with one attached hydrogen (secondary N) is 1. The zero-order chi connectivity index (χ0) is 11.6. The Morgan fingerprint density at radius 3 is 2.56 bits per heavy atom. The molecule has 0 heterocycles. The van der Waals surface area contributed by atoms with E-state index in [1.54, 1.807) is 0 Å². The molecule has 1 rings (SSSR count). The van der Waals surface area contributed by atoms with Gasteiger partial charge in [0.2, 0.25) is 0 Å². The Balaban J connectivity index is 1.95. The SMILES string of the molecule is CCCCCCOCC(NCCC)C1CC1. The Bertz CT molecular complexity index is 157. The third-order valence-electron chi connectivity index (χ3n) is 3.29. The molecule has 0 radical (unpaired) electrons. The topological polar surface area (TPSA) is 21.3 Å². The molecule has 0 aliphatic heterocycles. The normalized spacial score (nSPS) is 17.6. The van der Waals surface area contributed by atoms with Crippen molar-refractivity contribution in [1.29, 1.82) is 0 Å². The van der Waals surface area contributed by atoms with Crippen LogP contribution in [0.3, 0.4) is 0 Å². The molecule has 2 nitrogen and oxygen atoms in total. The fourth-order valence-electron chi connectivity index (χ4n) is 2.03. The molecule has 0 bridgehead atoms. The van der Waals surface area contributed by atoms with E-state index in [4.69, 9.17) is 4.74 Å². The van der Waals surface area contributed by atoms with Gasteiger partial charge >= 0.3 is 0 Å². The second kappa shape index (κ2) is 9.00. The van der Waals surface area contributed by atoms with E-state index < -0.39 is 0 Å². The van der Waals surface area contributed by atoms with E-state index in [1.165, 1.54) is 44.9 Å². The minimum atomic E-state index is 0.631. The Morgan fingerprint density at radius 1 is 1.12 bits per heavy atom. The highest BCUT2D eigenvalue weighted by atomic mass is 16.5. The van der Waals surface area contributed by atoms with Gasteiger partial charge in [0.1, 0.15) is 0 Å². The highest BCUT2D eigenvalue weighted by Crippen LogP contribution is 2.32. The quantitative estimate of drug-likeness (QED) is 0.546. The second-order valence-electron chi connectivity index (χ2n) is 5.03. The van der Waals surface area contributed by atoms with Crippen LogP contribution in [0.4, 0.5) is 0 Å². The van der Waals surface area contributed by atoms with Crippen LogP contribution in [0.15, 0.2) is 0 Å². The van der Waals surface area contributed by atoms with Crippen molar-refractivity contribution in [3.63, 3.8) is 0 Å². The van der Waals surface area contributed by atoms with Gasteiger partial charge in [0.15, 0.2) is 0 Å². The molecule has 96 valence electrons. The molecule has 0 aromatic heterocycles. The van der Waals surface area contributed by atoms with E-state index in [0.29, 0.717) is 6.04 Å². The summed E-state index contributed by atoms with van der Waals surface area (Å²) >= 11 is 0. The van der Waals surface area contributed by atoms with Gasteiger partial charge in [-0.25, -0.2) is 0 Å². The molecule has 1 aliphatic rings. The molecule has 0 amide bonds. The molecule has 0 saturated heterocycles. The molecule has 0 aromatic rings. The predicted molar refractivity (Wildman–Crippen MR) is 69.8 cm³/mol. The number of ether oxygens (including phenoxy) is 1. The second-order valence-corrected chi connectivity index (χ2v) is 5.03. The monoisotopic (exact) mass is 227 g/mol. The summed E-state index contributed by atoms with van der Waals surface area (Å²) in [6.45, 7) is 7.50. The van der Waals surface area contributed by atoms with Crippen molar-refractivity contribution < 1.29 is 4.74 Å². The first-order valence-corrected chi connectivity index (χ1v) is 7.19. The number of unbranched alkanes of at least 4 members (excludes halogenated alkanes) is 3. The van der Waals surface area contributed by atoms with Crippen molar-refractivity contribution in [3.8, 4) is 0 Å². The van der Waals surface area contributed by atoms with Crippen LogP contribution in [-0.2, 0) is 4.74 Å². The van der Waals surface area contributed by atoms with E-state index in [-0.39, 0.29) is 0 Å². The average molecular weight is 227 g/mol. The fraction of sp³-hybridized carbons (Fsp3) is 1.00. The lowest BCUT2D eigenvalue weighted by Crippen LogP contribution is -2.36. The molecule has 2 heteroatoms. The van der Waals surface area contributed by atoms with Gasteiger partial charge in [-0.1, -0.05) is 33.1 Å². The van der Waals surface area contributed by atoms with Crippen molar-refractivity contribution in [2.45, 2.75) is 64.8 Å². The first-order chi connectivity index (χ1) is 7.88. The first kappa shape index (κ1) is 14.0. The van der Waals surface area contributed by atoms with E-state index in [2.05, 4.69) is 19.2 Å². The van der Waals surface area contributed by atoms with Crippen LogP contribution in [0.1, 0.15) is 58.8 Å². The zero-order valence-corrected chi connectivity index (χ0v) is 11.1. The van der Waals surface area contributed by atoms with Gasteiger partial charge in [-0.15, -0.1) is 0 Å². The van der Waals surface area contributed by atoms with E-state index in [0.717, 1.165) is 25.7 Å². The Labute approximate surface area is 101 Å². The lowest BCUT2D eigenvalue weighted by Gasteiger charge is -2.17. The van der Waals surface area contributed by atoms with Crippen LogP contribution < -0.4 is 5.32 Å². The van der Waals surface area contributed by atoms with Crippen LogP contribution in [0.25, 0.3) is 0 Å². The number of hydrogen-bond acceptors (Lipinski definition) is 2. The summed E-state index contributed by atoms with van der Waals surface area (Å²) in [5.74, 6) is 0.905. The smallest absolute Gasteiger partial charge is 0.0622 e. The van der Waals surface area contributed by atoms with E-state index >= 15 is 0 Å². The van der Waals surface area contributed by atoms with E-state index in [1.807, 2.05) is 0 Å². The van der Waals surface area contributed by atoms with Crippen LogP contribution >= 0.6 is 0 Å². The Kier molecular flexibility index (Phi) is 7.87. The molecule has 1 fully saturated rings. The molecule has 1 saturated carbocycles. The summed E-state index contributed by atoms with van der Waals surface area (Å²) < 4.78 is 5.78. The first-order valence-electron chi connectivity index (χ1n) is 7.19. The maximum Gasteiger partial charge on any atom is 0.0622 e. The van der Waals surface area contributed by atoms with E-state index in [9.17, 15) is 0 Å². The molecular formula is C14H29NO. The average Bonchev–Trinajstić information content (AvgIpc) is 3.11. The molecule has 1 atom stereocenters. The highest BCUT2D eigenvalue weighted by Gasteiger charge is 2.30. The summed E-state index contributed by atoms with van der Waals surface area (Å²) in [4.78, 5) is 0. The van der Waals surface area contributed by atoms with Gasteiger partial charge in [-0.2, -0.15) is 0 Å². The van der Waals surface area contributed by atoms with Gasteiger partial charge in [-0.3, -0.25) is 0 Å². The minimum absolute atomic E-state index is 0.631. The number of hydrogen-bond donors (Lipinski definition) is 1. The van der Waals surface area contributed by atoms with Gasteiger partial charge in [0, 0.05) is 12.6 Å².